The highest BCUT2D eigenvalue weighted by molar-refractivity contribution is 5.73. The average Bonchev–Trinajstić information content (AvgIpc) is 2.29. The fourth-order valence-electron chi connectivity index (χ4n) is 1.46. The molecule has 0 aliphatic carbocycles. The zero-order valence-electron chi connectivity index (χ0n) is 11.2. The van der Waals surface area contributed by atoms with E-state index in [1.165, 1.54) is 0 Å². The van der Waals surface area contributed by atoms with E-state index in [1.54, 1.807) is 0 Å². The first kappa shape index (κ1) is 16.4. The summed E-state index contributed by atoms with van der Waals surface area (Å²) in [4.78, 5) is 13.1. The second kappa shape index (κ2) is 10.5. The number of rotatable bonds is 11. The number of ether oxygens (including phenoxy) is 1. The lowest BCUT2D eigenvalue weighted by Crippen LogP contribution is -2.40. The van der Waals surface area contributed by atoms with Gasteiger partial charge in [0.2, 0.25) is 0 Å². The van der Waals surface area contributed by atoms with Crippen LogP contribution < -0.4 is 5.32 Å². The predicted molar refractivity (Wildman–Crippen MR) is 68.3 cm³/mol. The highest BCUT2D eigenvalue weighted by Gasteiger charge is 2.16. The third kappa shape index (κ3) is 9.09. The first-order valence-electron chi connectivity index (χ1n) is 6.34. The van der Waals surface area contributed by atoms with E-state index in [0.717, 1.165) is 32.7 Å². The summed E-state index contributed by atoms with van der Waals surface area (Å²) in [6.07, 6.45) is 1.57. The summed E-state index contributed by atoms with van der Waals surface area (Å²) in [5.41, 5.74) is 0. The molecule has 0 saturated heterocycles. The van der Waals surface area contributed by atoms with E-state index in [0.29, 0.717) is 13.0 Å². The molecular formula is C12H26N2O3. The van der Waals surface area contributed by atoms with Crippen molar-refractivity contribution < 1.29 is 14.6 Å². The molecular weight excluding hydrogens is 220 g/mol. The average molecular weight is 246 g/mol. The Balaban J connectivity index is 3.74. The van der Waals surface area contributed by atoms with Gasteiger partial charge in [-0.1, -0.05) is 6.92 Å². The fourth-order valence-corrected chi connectivity index (χ4v) is 1.46. The third-order valence-electron chi connectivity index (χ3n) is 2.56. The molecule has 0 fully saturated rings. The van der Waals surface area contributed by atoms with Crippen LogP contribution in [0, 0.1) is 0 Å². The number of nitrogens with one attached hydrogen (secondary N) is 1. The molecule has 0 aliphatic heterocycles. The van der Waals surface area contributed by atoms with Gasteiger partial charge in [0.25, 0.3) is 0 Å². The van der Waals surface area contributed by atoms with E-state index in [2.05, 4.69) is 10.2 Å². The molecule has 0 aromatic carbocycles. The van der Waals surface area contributed by atoms with Crippen molar-refractivity contribution in [3.8, 4) is 0 Å². The largest absolute Gasteiger partial charge is 0.480 e. The van der Waals surface area contributed by atoms with E-state index >= 15 is 0 Å². The summed E-state index contributed by atoms with van der Waals surface area (Å²) in [5.74, 6) is -0.767. The standard InChI is InChI=1S/C12H26N2O3/c1-4-7-13-11(12(15)16)6-8-14(3)9-10-17-5-2/h11,13H,4-10H2,1-3H3,(H,15,16). The second-order valence-corrected chi connectivity index (χ2v) is 4.13. The molecule has 2 N–H and O–H groups in total. The van der Waals surface area contributed by atoms with Crippen molar-refractivity contribution in [2.45, 2.75) is 32.7 Å². The molecule has 0 radical (unpaired) electrons. The van der Waals surface area contributed by atoms with Gasteiger partial charge < -0.3 is 20.1 Å². The Morgan fingerprint density at radius 3 is 2.65 bits per heavy atom. The van der Waals surface area contributed by atoms with Gasteiger partial charge in [0, 0.05) is 13.2 Å². The molecule has 1 atom stereocenters. The number of hydrogen-bond acceptors (Lipinski definition) is 4. The molecule has 0 heterocycles. The predicted octanol–water partition coefficient (Wildman–Crippen LogP) is 0.798. The number of hydrogen-bond donors (Lipinski definition) is 2. The van der Waals surface area contributed by atoms with Crippen LogP contribution in [0.1, 0.15) is 26.7 Å². The molecule has 5 heteroatoms. The molecule has 17 heavy (non-hydrogen) atoms. The van der Waals surface area contributed by atoms with Crippen molar-refractivity contribution in [1.29, 1.82) is 0 Å². The zero-order valence-corrected chi connectivity index (χ0v) is 11.2. The van der Waals surface area contributed by atoms with Crippen LogP contribution >= 0.6 is 0 Å². The Kier molecular flexibility index (Phi) is 10.1. The summed E-state index contributed by atoms with van der Waals surface area (Å²) < 4.78 is 5.25. The minimum absolute atomic E-state index is 0.440. The topological polar surface area (TPSA) is 61.8 Å². The van der Waals surface area contributed by atoms with Gasteiger partial charge in [0.05, 0.1) is 6.61 Å². The van der Waals surface area contributed by atoms with Crippen LogP contribution in [-0.4, -0.2) is 61.9 Å². The lowest BCUT2D eigenvalue weighted by atomic mass is 10.2. The van der Waals surface area contributed by atoms with E-state index in [-0.39, 0.29) is 0 Å². The summed E-state index contributed by atoms with van der Waals surface area (Å²) >= 11 is 0. The van der Waals surface area contributed by atoms with Crippen LogP contribution in [0.3, 0.4) is 0 Å². The van der Waals surface area contributed by atoms with Crippen LogP contribution in [0.4, 0.5) is 0 Å². The molecule has 0 aromatic heterocycles. The van der Waals surface area contributed by atoms with Crippen LogP contribution in [0.15, 0.2) is 0 Å². The zero-order chi connectivity index (χ0) is 13.1. The maximum Gasteiger partial charge on any atom is 0.320 e. The van der Waals surface area contributed by atoms with Crippen LogP contribution in [0.2, 0.25) is 0 Å². The van der Waals surface area contributed by atoms with Gasteiger partial charge in [-0.3, -0.25) is 4.79 Å². The molecule has 0 aromatic rings. The summed E-state index contributed by atoms with van der Waals surface area (Å²) in [6.45, 7) is 7.78. The summed E-state index contributed by atoms with van der Waals surface area (Å²) in [7, 11) is 1.98. The van der Waals surface area contributed by atoms with Crippen LogP contribution in [-0.2, 0) is 9.53 Å². The SMILES string of the molecule is CCCNC(CCN(C)CCOCC)C(=O)O. The van der Waals surface area contributed by atoms with E-state index in [4.69, 9.17) is 9.84 Å². The maximum absolute atomic E-state index is 11.0. The second-order valence-electron chi connectivity index (χ2n) is 4.13. The lowest BCUT2D eigenvalue weighted by molar-refractivity contribution is -0.139. The molecule has 5 nitrogen and oxygen atoms in total. The molecule has 0 aliphatic rings. The first-order chi connectivity index (χ1) is 8.11. The summed E-state index contributed by atoms with van der Waals surface area (Å²) in [6, 6.07) is -0.440. The molecule has 0 saturated carbocycles. The summed E-state index contributed by atoms with van der Waals surface area (Å²) in [5, 5.41) is 12.1. The molecule has 102 valence electrons. The van der Waals surface area contributed by atoms with Gasteiger partial charge in [0.15, 0.2) is 0 Å². The highest BCUT2D eigenvalue weighted by Crippen LogP contribution is 1.96. The smallest absolute Gasteiger partial charge is 0.320 e. The van der Waals surface area contributed by atoms with Crippen molar-refractivity contribution in [2.24, 2.45) is 0 Å². The number of aliphatic carboxylic acids is 1. The van der Waals surface area contributed by atoms with Crippen molar-refractivity contribution in [3.05, 3.63) is 0 Å². The Labute approximate surface area is 104 Å². The van der Waals surface area contributed by atoms with Crippen LogP contribution in [0.25, 0.3) is 0 Å². The number of carbonyl (C=O) groups is 1. The van der Waals surface area contributed by atoms with Gasteiger partial charge in [-0.05, 0) is 39.9 Å². The van der Waals surface area contributed by atoms with Crippen molar-refractivity contribution in [2.75, 3.05) is 39.9 Å². The van der Waals surface area contributed by atoms with Gasteiger partial charge in [-0.2, -0.15) is 0 Å². The Morgan fingerprint density at radius 1 is 1.41 bits per heavy atom. The third-order valence-corrected chi connectivity index (χ3v) is 2.56. The first-order valence-corrected chi connectivity index (χ1v) is 6.34. The number of carboxylic acid groups (broad SMARTS) is 1. The maximum atomic E-state index is 11.0. The quantitative estimate of drug-likeness (QED) is 0.528. The number of carboxylic acids is 1. The Morgan fingerprint density at radius 2 is 2.12 bits per heavy atom. The molecule has 1 unspecified atom stereocenters. The molecule has 0 rings (SSSR count). The molecule has 0 amide bonds. The normalized spacial score (nSPS) is 12.9. The minimum Gasteiger partial charge on any atom is -0.480 e. The molecule has 0 spiro atoms. The Hall–Kier alpha value is -0.650. The van der Waals surface area contributed by atoms with Crippen molar-refractivity contribution in [1.82, 2.24) is 10.2 Å². The van der Waals surface area contributed by atoms with Crippen molar-refractivity contribution in [3.63, 3.8) is 0 Å². The molecule has 0 bridgehead atoms. The van der Waals surface area contributed by atoms with Crippen LogP contribution in [0.5, 0.6) is 0 Å². The van der Waals surface area contributed by atoms with Gasteiger partial charge in [0.1, 0.15) is 6.04 Å². The highest BCUT2D eigenvalue weighted by atomic mass is 16.5. The van der Waals surface area contributed by atoms with Gasteiger partial charge in [-0.15, -0.1) is 0 Å². The van der Waals surface area contributed by atoms with E-state index < -0.39 is 12.0 Å². The fraction of sp³-hybridized carbons (Fsp3) is 0.917. The van der Waals surface area contributed by atoms with Gasteiger partial charge >= 0.3 is 5.97 Å². The number of nitrogens with zero attached hydrogens (tertiary/aromatic N) is 1. The number of likely N-dealkylation sites (N-methyl/N-ethyl adjacent to an activating group) is 1. The lowest BCUT2D eigenvalue weighted by Gasteiger charge is -2.20. The Bertz CT molecular complexity index is 200. The minimum atomic E-state index is -0.767. The monoisotopic (exact) mass is 246 g/mol. The van der Waals surface area contributed by atoms with E-state index in [9.17, 15) is 4.79 Å². The van der Waals surface area contributed by atoms with E-state index in [1.807, 2.05) is 20.9 Å². The van der Waals surface area contributed by atoms with Crippen molar-refractivity contribution >= 4 is 5.97 Å². The van der Waals surface area contributed by atoms with Gasteiger partial charge in [-0.25, -0.2) is 0 Å².